The second-order valence-corrected chi connectivity index (χ2v) is 6.75. The van der Waals surface area contributed by atoms with E-state index in [4.69, 9.17) is 9.47 Å². The number of urea groups is 1. The lowest BCUT2D eigenvalue weighted by Gasteiger charge is -2.12. The predicted molar refractivity (Wildman–Crippen MR) is 108 cm³/mol. The molecule has 0 radical (unpaired) electrons. The highest BCUT2D eigenvalue weighted by Crippen LogP contribution is 2.18. The molecule has 29 heavy (non-hydrogen) atoms. The van der Waals surface area contributed by atoms with Gasteiger partial charge >= 0.3 is 6.03 Å². The van der Waals surface area contributed by atoms with Crippen molar-refractivity contribution in [2.24, 2.45) is 0 Å². The van der Waals surface area contributed by atoms with Gasteiger partial charge in [-0.25, -0.2) is 14.5 Å². The van der Waals surface area contributed by atoms with Gasteiger partial charge in [0.15, 0.2) is 5.82 Å². The summed E-state index contributed by atoms with van der Waals surface area (Å²) < 4.78 is 12.9. The first-order valence-electron chi connectivity index (χ1n) is 9.60. The van der Waals surface area contributed by atoms with Crippen LogP contribution in [0, 0.1) is 0 Å². The number of carbonyl (C=O) groups excluding carboxylic acids is 1. The molecule has 1 atom stereocenters. The molecule has 2 aromatic heterocycles. The maximum absolute atomic E-state index is 12.2. The lowest BCUT2D eigenvalue weighted by Crippen LogP contribution is -2.28. The second kappa shape index (κ2) is 9.20. The Morgan fingerprint density at radius 2 is 2.14 bits per heavy atom. The first kappa shape index (κ1) is 18.9. The third kappa shape index (κ3) is 5.32. The average molecular weight is 393 g/mol. The van der Waals surface area contributed by atoms with Gasteiger partial charge in [0.1, 0.15) is 12.4 Å². The maximum atomic E-state index is 12.2. The lowest BCUT2D eigenvalue weighted by atomic mass is 10.2. The third-order valence-electron chi connectivity index (χ3n) is 4.57. The standard InChI is InChI=1S/C21H23N5O3/c27-21(23-14-16-8-10-22-20(13-16)26-11-2-9-24-26)25-17-4-6-18(7-5-17)29-15-19-3-1-12-28-19/h2,4-11,13,19H,1,3,12,14-15H2,(H2,23,25,27)/t19-/m0/s1. The van der Waals surface area contributed by atoms with Crippen molar-refractivity contribution >= 4 is 11.7 Å². The molecular weight excluding hydrogens is 370 g/mol. The van der Waals surface area contributed by atoms with E-state index in [-0.39, 0.29) is 12.1 Å². The summed E-state index contributed by atoms with van der Waals surface area (Å²) in [5.41, 5.74) is 1.62. The number of carbonyl (C=O) groups is 1. The number of hydrogen-bond acceptors (Lipinski definition) is 5. The van der Waals surface area contributed by atoms with E-state index in [1.165, 1.54) is 0 Å². The van der Waals surface area contributed by atoms with Gasteiger partial charge < -0.3 is 20.1 Å². The molecule has 4 rings (SSSR count). The molecule has 8 heteroatoms. The fraction of sp³-hybridized carbons (Fsp3) is 0.286. The summed E-state index contributed by atoms with van der Waals surface area (Å²) in [6, 6.07) is 12.6. The Bertz CT molecular complexity index is 922. The van der Waals surface area contributed by atoms with Crippen molar-refractivity contribution in [3.05, 3.63) is 66.6 Å². The fourth-order valence-electron chi connectivity index (χ4n) is 3.06. The van der Waals surface area contributed by atoms with E-state index in [0.29, 0.717) is 24.7 Å². The second-order valence-electron chi connectivity index (χ2n) is 6.75. The zero-order valence-corrected chi connectivity index (χ0v) is 16.0. The van der Waals surface area contributed by atoms with Crippen molar-refractivity contribution in [1.82, 2.24) is 20.1 Å². The molecule has 3 heterocycles. The van der Waals surface area contributed by atoms with Gasteiger partial charge in [0.2, 0.25) is 0 Å². The Morgan fingerprint density at radius 3 is 2.90 bits per heavy atom. The van der Waals surface area contributed by atoms with E-state index < -0.39 is 0 Å². The van der Waals surface area contributed by atoms with Crippen molar-refractivity contribution in [2.45, 2.75) is 25.5 Å². The predicted octanol–water partition coefficient (Wildman–Crippen LogP) is 3.15. The van der Waals surface area contributed by atoms with Crippen LogP contribution in [0.25, 0.3) is 5.82 Å². The molecule has 1 fully saturated rings. The molecule has 1 aliphatic rings. The van der Waals surface area contributed by atoms with Crippen LogP contribution < -0.4 is 15.4 Å². The van der Waals surface area contributed by atoms with Crippen LogP contribution in [0.1, 0.15) is 18.4 Å². The molecule has 150 valence electrons. The van der Waals surface area contributed by atoms with Gasteiger partial charge in [0.05, 0.1) is 6.10 Å². The van der Waals surface area contributed by atoms with Crippen LogP contribution in [-0.2, 0) is 11.3 Å². The summed E-state index contributed by atoms with van der Waals surface area (Å²) in [6.07, 6.45) is 7.53. The Morgan fingerprint density at radius 1 is 1.24 bits per heavy atom. The summed E-state index contributed by atoms with van der Waals surface area (Å²) in [4.78, 5) is 16.5. The van der Waals surface area contributed by atoms with E-state index in [1.807, 2.05) is 48.7 Å². The zero-order chi connectivity index (χ0) is 19.9. The van der Waals surface area contributed by atoms with Crippen LogP contribution >= 0.6 is 0 Å². The van der Waals surface area contributed by atoms with Crippen LogP contribution in [0.15, 0.2) is 61.1 Å². The number of ether oxygens (including phenoxy) is 2. The van der Waals surface area contributed by atoms with Gasteiger partial charge in [-0.05, 0) is 60.9 Å². The van der Waals surface area contributed by atoms with Crippen LogP contribution in [0.5, 0.6) is 5.75 Å². The molecule has 8 nitrogen and oxygen atoms in total. The minimum absolute atomic E-state index is 0.181. The molecule has 3 aromatic rings. The van der Waals surface area contributed by atoms with E-state index in [0.717, 1.165) is 30.8 Å². The number of aromatic nitrogens is 3. The van der Waals surface area contributed by atoms with Gasteiger partial charge in [-0.15, -0.1) is 0 Å². The third-order valence-corrected chi connectivity index (χ3v) is 4.57. The summed E-state index contributed by atoms with van der Waals surface area (Å²) in [7, 11) is 0. The highest BCUT2D eigenvalue weighted by molar-refractivity contribution is 5.89. The first-order valence-corrected chi connectivity index (χ1v) is 9.60. The monoisotopic (exact) mass is 393 g/mol. The first-order chi connectivity index (χ1) is 14.3. The van der Waals surface area contributed by atoms with E-state index in [9.17, 15) is 4.79 Å². The van der Waals surface area contributed by atoms with Crippen LogP contribution in [0.3, 0.4) is 0 Å². The number of benzene rings is 1. The molecule has 1 aliphatic heterocycles. The largest absolute Gasteiger partial charge is 0.491 e. The SMILES string of the molecule is O=C(NCc1ccnc(-n2cccn2)c1)Nc1ccc(OC[C@@H]2CCCO2)cc1. The number of anilines is 1. The summed E-state index contributed by atoms with van der Waals surface area (Å²) in [5.74, 6) is 1.46. The number of nitrogens with zero attached hydrogens (tertiary/aromatic N) is 3. The van der Waals surface area contributed by atoms with Gasteiger partial charge in [0, 0.05) is 37.4 Å². The molecule has 2 amide bonds. The Kier molecular flexibility index (Phi) is 6.01. The van der Waals surface area contributed by atoms with Gasteiger partial charge in [-0.2, -0.15) is 5.10 Å². The van der Waals surface area contributed by atoms with E-state index in [2.05, 4.69) is 20.7 Å². The Balaban J connectivity index is 1.25. The molecule has 0 spiro atoms. The summed E-state index contributed by atoms with van der Waals surface area (Å²) in [6.45, 7) is 1.75. The molecule has 2 N–H and O–H groups in total. The minimum Gasteiger partial charge on any atom is -0.491 e. The molecule has 0 saturated carbocycles. The van der Waals surface area contributed by atoms with Crippen molar-refractivity contribution in [2.75, 3.05) is 18.5 Å². The van der Waals surface area contributed by atoms with Crippen LogP contribution in [0.2, 0.25) is 0 Å². The normalized spacial score (nSPS) is 15.8. The van der Waals surface area contributed by atoms with E-state index in [1.54, 1.807) is 17.1 Å². The zero-order valence-electron chi connectivity index (χ0n) is 16.0. The lowest BCUT2D eigenvalue weighted by molar-refractivity contribution is 0.0679. The average Bonchev–Trinajstić information content (AvgIpc) is 3.46. The van der Waals surface area contributed by atoms with Gasteiger partial charge in [-0.1, -0.05) is 0 Å². The fourth-order valence-corrected chi connectivity index (χ4v) is 3.06. The van der Waals surface area contributed by atoms with Crippen molar-refractivity contribution in [3.8, 4) is 11.6 Å². The highest BCUT2D eigenvalue weighted by atomic mass is 16.5. The number of rotatable bonds is 7. The van der Waals surface area contributed by atoms with Crippen LogP contribution in [0.4, 0.5) is 10.5 Å². The van der Waals surface area contributed by atoms with Gasteiger partial charge in [-0.3, -0.25) is 0 Å². The number of nitrogens with one attached hydrogen (secondary N) is 2. The maximum Gasteiger partial charge on any atom is 0.319 e. The quantitative estimate of drug-likeness (QED) is 0.644. The Hall–Kier alpha value is -3.39. The molecular formula is C21H23N5O3. The summed E-state index contributed by atoms with van der Waals surface area (Å²) >= 11 is 0. The molecule has 0 unspecified atom stereocenters. The van der Waals surface area contributed by atoms with Gasteiger partial charge in [0.25, 0.3) is 0 Å². The number of hydrogen-bond donors (Lipinski definition) is 2. The topological polar surface area (TPSA) is 90.3 Å². The number of amides is 2. The highest BCUT2D eigenvalue weighted by Gasteiger charge is 2.15. The minimum atomic E-state index is -0.282. The molecule has 1 saturated heterocycles. The molecule has 1 aromatic carbocycles. The van der Waals surface area contributed by atoms with Crippen LogP contribution in [-0.4, -0.2) is 40.1 Å². The van der Waals surface area contributed by atoms with E-state index >= 15 is 0 Å². The molecule has 0 bridgehead atoms. The number of pyridine rings is 1. The molecule has 0 aliphatic carbocycles. The smallest absolute Gasteiger partial charge is 0.319 e. The Labute approximate surface area is 168 Å². The summed E-state index contributed by atoms with van der Waals surface area (Å²) in [5, 5.41) is 9.82. The van der Waals surface area contributed by atoms with Crippen molar-refractivity contribution < 1.29 is 14.3 Å². The van der Waals surface area contributed by atoms with Crippen molar-refractivity contribution in [1.29, 1.82) is 0 Å². The van der Waals surface area contributed by atoms with Crippen molar-refractivity contribution in [3.63, 3.8) is 0 Å².